The lowest BCUT2D eigenvalue weighted by Crippen LogP contribution is -2.34. The van der Waals surface area contributed by atoms with Crippen LogP contribution in [0.5, 0.6) is 11.5 Å². The highest BCUT2D eigenvalue weighted by molar-refractivity contribution is 6.04. The molecule has 0 N–H and O–H groups in total. The van der Waals surface area contributed by atoms with Gasteiger partial charge in [0.25, 0.3) is 0 Å². The molecule has 0 spiro atoms. The first-order valence-corrected chi connectivity index (χ1v) is 13.0. The lowest BCUT2D eigenvalue weighted by Gasteiger charge is -2.28. The second-order valence-electron chi connectivity index (χ2n) is 10.4. The van der Waals surface area contributed by atoms with Crippen LogP contribution in [0.3, 0.4) is 0 Å². The Balaban J connectivity index is 1.32. The van der Waals surface area contributed by atoms with Gasteiger partial charge in [-0.15, -0.1) is 0 Å². The third-order valence-corrected chi connectivity index (χ3v) is 8.61. The Kier molecular flexibility index (Phi) is 3.69. The van der Waals surface area contributed by atoms with E-state index in [1.165, 1.54) is 59.8 Å². The third kappa shape index (κ3) is 2.53. The van der Waals surface area contributed by atoms with Crippen LogP contribution in [-0.2, 0) is 0 Å². The average Bonchev–Trinajstić information content (AvgIpc) is 3.27. The Hall–Kier alpha value is -4.62. The van der Waals surface area contributed by atoms with Gasteiger partial charge < -0.3 is 4.74 Å². The summed E-state index contributed by atoms with van der Waals surface area (Å²) in [6, 6.07) is 42.2. The lowest BCUT2D eigenvalue weighted by molar-refractivity contribution is 0.487. The summed E-state index contributed by atoms with van der Waals surface area (Å²) in [4.78, 5) is 0. The second kappa shape index (κ2) is 6.99. The first kappa shape index (κ1) is 19.6. The normalized spacial score (nSPS) is 18.1. The van der Waals surface area contributed by atoms with E-state index >= 15 is 0 Å². The largest absolute Gasteiger partial charge is 0.456 e. The summed E-state index contributed by atoms with van der Waals surface area (Å²) in [7, 11) is 0. The molecule has 172 valence electrons. The summed E-state index contributed by atoms with van der Waals surface area (Å²) in [5, 5.41) is 7.82. The van der Waals surface area contributed by atoms with Crippen molar-refractivity contribution in [1.82, 2.24) is 0 Å². The molecule has 1 aliphatic heterocycles. The Labute approximate surface area is 214 Å². The van der Waals surface area contributed by atoms with Crippen molar-refractivity contribution >= 4 is 33.2 Å². The molecule has 1 heteroatoms. The van der Waals surface area contributed by atoms with Crippen molar-refractivity contribution in [3.8, 4) is 22.6 Å². The molecule has 2 atom stereocenters. The molecule has 0 saturated carbocycles. The summed E-state index contributed by atoms with van der Waals surface area (Å²) in [6.07, 6.45) is 2.49. The van der Waals surface area contributed by atoms with E-state index in [0.717, 1.165) is 17.1 Å². The summed E-state index contributed by atoms with van der Waals surface area (Å²) >= 11 is 0. The van der Waals surface area contributed by atoms with Gasteiger partial charge in [-0.2, -0.15) is 0 Å². The smallest absolute Gasteiger partial charge is 0.135 e. The lowest BCUT2D eigenvalue weighted by atomic mass is 9.76. The van der Waals surface area contributed by atoms with Gasteiger partial charge in [-0.25, -0.2) is 0 Å². The maximum absolute atomic E-state index is 6.58. The molecule has 6 aromatic carbocycles. The maximum Gasteiger partial charge on any atom is 0.135 e. The van der Waals surface area contributed by atoms with Crippen LogP contribution >= 0.6 is 0 Å². The molecule has 1 nitrogen and oxygen atoms in total. The second-order valence-corrected chi connectivity index (χ2v) is 10.4. The highest BCUT2D eigenvalue weighted by Crippen LogP contribution is 2.54. The topological polar surface area (TPSA) is 9.23 Å². The predicted molar refractivity (Wildman–Crippen MR) is 152 cm³/mol. The van der Waals surface area contributed by atoms with Crippen molar-refractivity contribution in [1.29, 1.82) is 0 Å². The first-order chi connectivity index (χ1) is 18.3. The van der Waals surface area contributed by atoms with Crippen LogP contribution in [0, 0.1) is 0 Å². The fourth-order valence-electron chi connectivity index (χ4n) is 7.15. The minimum absolute atomic E-state index is 0.286. The number of hydrogen-bond donors (Lipinski definition) is 0. The van der Waals surface area contributed by atoms with Crippen molar-refractivity contribution in [3.63, 3.8) is 0 Å². The van der Waals surface area contributed by atoms with Gasteiger partial charge in [0.05, 0.1) is 0 Å². The zero-order valence-corrected chi connectivity index (χ0v) is 20.1. The fourth-order valence-corrected chi connectivity index (χ4v) is 7.15. The van der Waals surface area contributed by atoms with Gasteiger partial charge in [-0.1, -0.05) is 103 Å². The monoisotopic (exact) mass is 470 g/mol. The molecular weight excluding hydrogens is 448 g/mol. The number of hydrogen-bond acceptors (Lipinski definition) is 1. The van der Waals surface area contributed by atoms with Gasteiger partial charge in [0.15, 0.2) is 0 Å². The van der Waals surface area contributed by atoms with E-state index in [0.29, 0.717) is 5.92 Å². The fraction of sp³-hybridized carbons (Fsp3) is 0.0556. The zero-order chi connectivity index (χ0) is 24.1. The van der Waals surface area contributed by atoms with Gasteiger partial charge in [-0.05, 0) is 72.6 Å². The van der Waals surface area contributed by atoms with E-state index in [9.17, 15) is 0 Å². The molecule has 9 rings (SSSR count). The summed E-state index contributed by atoms with van der Waals surface area (Å²) in [5.74, 6) is 2.50. The molecule has 3 aliphatic rings. The Morgan fingerprint density at radius 3 is 2.19 bits per heavy atom. The molecule has 2 aliphatic carbocycles. The average molecular weight is 471 g/mol. The van der Waals surface area contributed by atoms with E-state index in [-0.39, 0.29) is 5.92 Å². The Morgan fingerprint density at radius 2 is 1.30 bits per heavy atom. The van der Waals surface area contributed by atoms with Crippen LogP contribution in [0.2, 0.25) is 0 Å². The molecule has 0 aromatic heterocycles. The molecule has 1 heterocycles. The van der Waals surface area contributed by atoms with Crippen LogP contribution in [0.1, 0.15) is 28.5 Å². The van der Waals surface area contributed by atoms with Crippen LogP contribution in [0.25, 0.3) is 44.3 Å². The van der Waals surface area contributed by atoms with Gasteiger partial charge in [-0.3, -0.25) is 0 Å². The van der Waals surface area contributed by atoms with Crippen LogP contribution in [-0.4, -0.2) is 0 Å². The summed E-state index contributed by atoms with van der Waals surface area (Å²) < 4.78 is 6.58. The summed E-state index contributed by atoms with van der Waals surface area (Å²) in [6.45, 7) is 0. The quantitative estimate of drug-likeness (QED) is 0.240. The third-order valence-electron chi connectivity index (χ3n) is 8.61. The van der Waals surface area contributed by atoms with Crippen LogP contribution < -0.4 is 15.2 Å². The SMILES string of the molecule is C1=c2ccccc2=C(c2ccc3c(c2)Oc2cccc4cccc-3c24)C2c3cccc4cccc(c34)C12. The molecule has 6 aromatic rings. The molecular formula is C36H22O. The van der Waals surface area contributed by atoms with Crippen molar-refractivity contribution in [2.45, 2.75) is 11.8 Å². The van der Waals surface area contributed by atoms with Gasteiger partial charge >= 0.3 is 0 Å². The van der Waals surface area contributed by atoms with Gasteiger partial charge in [0, 0.05) is 22.8 Å². The number of rotatable bonds is 1. The van der Waals surface area contributed by atoms with Crippen molar-refractivity contribution in [2.75, 3.05) is 0 Å². The van der Waals surface area contributed by atoms with Crippen LogP contribution in [0.15, 0.2) is 115 Å². The van der Waals surface area contributed by atoms with Crippen molar-refractivity contribution in [2.24, 2.45) is 0 Å². The Morgan fingerprint density at radius 1 is 0.541 bits per heavy atom. The number of ether oxygens (including phenoxy) is 1. The number of benzene rings is 6. The van der Waals surface area contributed by atoms with Crippen molar-refractivity contribution < 1.29 is 4.74 Å². The number of fused-ring (bicyclic) bond motifs is 6. The van der Waals surface area contributed by atoms with Crippen LogP contribution in [0.4, 0.5) is 0 Å². The van der Waals surface area contributed by atoms with E-state index in [2.05, 4.69) is 121 Å². The van der Waals surface area contributed by atoms with E-state index < -0.39 is 0 Å². The molecule has 0 radical (unpaired) electrons. The molecule has 37 heavy (non-hydrogen) atoms. The minimum atomic E-state index is 0.286. The predicted octanol–water partition coefficient (Wildman–Crippen LogP) is 7.64. The highest BCUT2D eigenvalue weighted by Gasteiger charge is 2.38. The molecule has 0 fully saturated rings. The van der Waals surface area contributed by atoms with Gasteiger partial charge in [0.2, 0.25) is 0 Å². The highest BCUT2D eigenvalue weighted by atomic mass is 16.5. The molecule has 0 amide bonds. The van der Waals surface area contributed by atoms with E-state index in [1.807, 2.05) is 0 Å². The standard InChI is InChI=1S/C36H22O/c1-2-12-25-23(7-1)19-30-28-14-3-8-21-9-5-15-29(33(21)28)36(30)35(25)24-17-18-26-27-13-4-10-22-11-6-16-31(34(22)27)37-32(26)20-24/h1-20,30,36H. The molecule has 0 bridgehead atoms. The minimum Gasteiger partial charge on any atom is -0.456 e. The van der Waals surface area contributed by atoms with Crippen molar-refractivity contribution in [3.05, 3.63) is 142 Å². The zero-order valence-electron chi connectivity index (χ0n) is 20.1. The summed E-state index contributed by atoms with van der Waals surface area (Å²) in [5.41, 5.74) is 7.94. The Bertz CT molecular complexity index is 2070. The molecule has 0 saturated heterocycles. The van der Waals surface area contributed by atoms with E-state index in [1.54, 1.807) is 0 Å². The van der Waals surface area contributed by atoms with E-state index in [4.69, 9.17) is 4.74 Å². The maximum atomic E-state index is 6.58. The molecule has 2 unspecified atom stereocenters. The first-order valence-electron chi connectivity index (χ1n) is 13.0. The van der Waals surface area contributed by atoms with Gasteiger partial charge in [0.1, 0.15) is 11.5 Å².